The quantitative estimate of drug-likeness (QED) is 0.302. The molecule has 0 nitrogen and oxygen atoms in total. The Morgan fingerprint density at radius 2 is 0.968 bits per heavy atom. The molecule has 0 saturated carbocycles. The SMILES string of the molecule is CC1=[C]([Hf+2][C]2=C(C)Cc3ccc4ccccc4c32)c2c(ccc3ccccc23)C1.[Cl-].[Cl-]. The molecule has 0 spiro atoms. The topological polar surface area (TPSA) is 0 Å². The number of halogens is 2. The van der Waals surface area contributed by atoms with E-state index < -0.39 is 22.9 Å². The van der Waals surface area contributed by atoms with E-state index >= 15 is 0 Å². The number of hydrogen-bond acceptors (Lipinski definition) is 0. The molecule has 0 amide bonds. The van der Waals surface area contributed by atoms with Gasteiger partial charge in [0, 0.05) is 0 Å². The Morgan fingerprint density at radius 3 is 1.42 bits per heavy atom. The molecule has 0 saturated heterocycles. The maximum absolute atomic E-state index is 2.38. The van der Waals surface area contributed by atoms with Gasteiger partial charge in [0.15, 0.2) is 0 Å². The summed E-state index contributed by atoms with van der Waals surface area (Å²) in [5.41, 5.74) is 9.48. The molecule has 4 aromatic rings. The molecule has 6 rings (SSSR count). The third kappa shape index (κ3) is 3.55. The Hall–Kier alpha value is -1.67. The molecular weight excluding hydrogens is 586 g/mol. The zero-order chi connectivity index (χ0) is 19.5. The second kappa shape index (κ2) is 8.70. The monoisotopic (exact) mass is 608 g/mol. The van der Waals surface area contributed by atoms with E-state index in [9.17, 15) is 0 Å². The summed E-state index contributed by atoms with van der Waals surface area (Å²) in [5, 5.41) is 5.67. The smallest absolute Gasteiger partial charge is 1.00 e. The van der Waals surface area contributed by atoms with Crippen LogP contribution in [0.5, 0.6) is 0 Å². The van der Waals surface area contributed by atoms with Crippen LogP contribution < -0.4 is 24.8 Å². The van der Waals surface area contributed by atoms with E-state index in [1.165, 1.54) is 32.7 Å². The predicted molar refractivity (Wildman–Crippen MR) is 120 cm³/mol. The van der Waals surface area contributed by atoms with Gasteiger partial charge in [0.1, 0.15) is 0 Å². The van der Waals surface area contributed by atoms with Gasteiger partial charge < -0.3 is 24.8 Å². The second-order valence-corrected chi connectivity index (χ2v) is 12.9. The molecule has 4 aromatic carbocycles. The van der Waals surface area contributed by atoms with Gasteiger partial charge >= 0.3 is 184 Å². The number of hydrogen-bond donors (Lipinski definition) is 0. The first-order chi connectivity index (χ1) is 14.2. The van der Waals surface area contributed by atoms with Crippen molar-refractivity contribution in [3.8, 4) is 0 Å². The van der Waals surface area contributed by atoms with Crippen LogP contribution in [-0.4, -0.2) is 0 Å². The van der Waals surface area contributed by atoms with Crippen LogP contribution in [0.4, 0.5) is 0 Å². The number of fused-ring (bicyclic) bond motifs is 6. The maximum Gasteiger partial charge on any atom is -1.00 e. The Morgan fingerprint density at radius 1 is 0.548 bits per heavy atom. The summed E-state index contributed by atoms with van der Waals surface area (Å²) in [6.07, 6.45) is 2.27. The molecule has 0 radical (unpaired) electrons. The van der Waals surface area contributed by atoms with Crippen LogP contribution in [-0.2, 0) is 35.7 Å². The van der Waals surface area contributed by atoms with E-state index in [2.05, 4.69) is 86.6 Å². The Bertz CT molecular complexity index is 1290. The fraction of sp³-hybridized carbons (Fsp3) is 0.143. The molecule has 0 bridgehead atoms. The summed E-state index contributed by atoms with van der Waals surface area (Å²) >= 11 is -1.21. The van der Waals surface area contributed by atoms with Crippen LogP contribution >= 0.6 is 0 Å². The molecule has 0 fully saturated rings. The van der Waals surface area contributed by atoms with Crippen molar-refractivity contribution in [3.05, 3.63) is 106 Å². The molecule has 152 valence electrons. The van der Waals surface area contributed by atoms with E-state index in [1.54, 1.807) is 28.9 Å². The van der Waals surface area contributed by atoms with Crippen molar-refractivity contribution in [2.45, 2.75) is 26.7 Å². The predicted octanol–water partition coefficient (Wildman–Crippen LogP) is 1.36. The van der Waals surface area contributed by atoms with Crippen molar-refractivity contribution in [1.82, 2.24) is 0 Å². The fourth-order valence-electron chi connectivity index (χ4n) is 5.16. The Labute approximate surface area is 207 Å². The summed E-state index contributed by atoms with van der Waals surface area (Å²) in [5.74, 6) is 0. The van der Waals surface area contributed by atoms with Gasteiger partial charge in [-0.3, -0.25) is 0 Å². The zero-order valence-corrected chi connectivity index (χ0v) is 22.7. The van der Waals surface area contributed by atoms with E-state index in [0.717, 1.165) is 12.8 Å². The normalized spacial score (nSPS) is 14.3. The summed E-state index contributed by atoms with van der Waals surface area (Å²) in [4.78, 5) is 0. The first-order valence-corrected chi connectivity index (χ1v) is 14.0. The van der Waals surface area contributed by atoms with Crippen LogP contribution in [0.2, 0.25) is 0 Å². The van der Waals surface area contributed by atoms with Gasteiger partial charge in [-0.15, -0.1) is 0 Å². The molecule has 0 heterocycles. The average molecular weight is 608 g/mol. The van der Waals surface area contributed by atoms with E-state index in [-0.39, 0.29) is 24.8 Å². The molecule has 2 aliphatic carbocycles. The van der Waals surface area contributed by atoms with E-state index in [0.29, 0.717) is 0 Å². The first-order valence-electron chi connectivity index (χ1n) is 10.4. The van der Waals surface area contributed by atoms with Crippen molar-refractivity contribution in [2.24, 2.45) is 0 Å². The molecule has 0 aromatic heterocycles. The van der Waals surface area contributed by atoms with E-state index in [1.807, 2.05) is 0 Å². The minimum atomic E-state index is -1.21. The van der Waals surface area contributed by atoms with Gasteiger partial charge in [-0.1, -0.05) is 0 Å². The zero-order valence-electron chi connectivity index (χ0n) is 17.6. The average Bonchev–Trinajstić information content (AvgIpc) is 3.25. The van der Waals surface area contributed by atoms with Crippen molar-refractivity contribution in [3.63, 3.8) is 0 Å². The molecule has 0 N–H and O–H groups in total. The van der Waals surface area contributed by atoms with Gasteiger partial charge in [-0.05, 0) is 0 Å². The maximum atomic E-state index is 2.38. The van der Waals surface area contributed by atoms with Gasteiger partial charge in [-0.25, -0.2) is 0 Å². The summed E-state index contributed by atoms with van der Waals surface area (Å²) in [6, 6.07) is 27.3. The van der Waals surface area contributed by atoms with Crippen molar-refractivity contribution in [1.29, 1.82) is 0 Å². The van der Waals surface area contributed by atoms with Crippen LogP contribution in [0.15, 0.2) is 83.9 Å². The Kier molecular flexibility index (Phi) is 6.32. The summed E-state index contributed by atoms with van der Waals surface area (Å²) in [7, 11) is 0. The van der Waals surface area contributed by atoms with Crippen LogP contribution in [0.3, 0.4) is 0 Å². The van der Waals surface area contributed by atoms with Crippen molar-refractivity contribution < 1.29 is 47.7 Å². The molecule has 3 heteroatoms. The second-order valence-electron chi connectivity index (χ2n) is 8.43. The molecule has 2 aliphatic rings. The third-order valence-electron chi connectivity index (χ3n) is 6.55. The molecule has 0 aliphatic heterocycles. The Balaban J connectivity index is 0.00000116. The van der Waals surface area contributed by atoms with E-state index in [4.69, 9.17) is 0 Å². The van der Waals surface area contributed by atoms with Crippen LogP contribution in [0.1, 0.15) is 36.1 Å². The van der Waals surface area contributed by atoms with Gasteiger partial charge in [-0.2, -0.15) is 0 Å². The standard InChI is InChI=1S/2C14H11.2ClH.Hf/c2*1-10-8-12-7-6-11-4-2-3-5-13(11)14(12)9-10;;;/h2*2-7H,8H2,1H3;2*1H;/q;;;;+2/p-2. The molecular formula is C28H22Cl2Hf. The van der Waals surface area contributed by atoms with Crippen LogP contribution in [0.25, 0.3) is 28.2 Å². The molecule has 31 heavy (non-hydrogen) atoms. The summed E-state index contributed by atoms with van der Waals surface area (Å²) in [6.45, 7) is 4.76. The van der Waals surface area contributed by atoms with Crippen molar-refractivity contribution in [2.75, 3.05) is 0 Å². The van der Waals surface area contributed by atoms with Gasteiger partial charge in [0.05, 0.1) is 0 Å². The first kappa shape index (κ1) is 22.5. The number of rotatable bonds is 2. The number of benzene rings is 4. The minimum absolute atomic E-state index is 0. The number of allylic oxidation sites excluding steroid dienone is 2. The summed E-state index contributed by atoms with van der Waals surface area (Å²) < 4.78 is 3.49. The van der Waals surface area contributed by atoms with Crippen LogP contribution in [0, 0.1) is 0 Å². The fourth-order valence-corrected chi connectivity index (χ4v) is 11.2. The van der Waals surface area contributed by atoms with Gasteiger partial charge in [0.25, 0.3) is 0 Å². The van der Waals surface area contributed by atoms with Gasteiger partial charge in [0.2, 0.25) is 0 Å². The molecule has 0 atom stereocenters. The third-order valence-corrected chi connectivity index (χ3v) is 13.2. The minimum Gasteiger partial charge on any atom is -1.00 e. The molecule has 0 unspecified atom stereocenters. The largest absolute Gasteiger partial charge is 1.00 e. The van der Waals surface area contributed by atoms with Crippen molar-refractivity contribution >= 4 is 28.2 Å².